The van der Waals surface area contributed by atoms with Crippen LogP contribution in [0.25, 0.3) is 11.0 Å². The Morgan fingerprint density at radius 3 is 2.94 bits per heavy atom. The summed E-state index contributed by atoms with van der Waals surface area (Å²) in [5.41, 5.74) is 1.79. The molecule has 5 heteroatoms. The molecule has 0 saturated heterocycles. The maximum Gasteiger partial charge on any atom is 0.313 e. The fourth-order valence-corrected chi connectivity index (χ4v) is 2.01. The summed E-state index contributed by atoms with van der Waals surface area (Å²) in [6.45, 7) is 2.76. The first-order valence-electron chi connectivity index (χ1n) is 5.37. The van der Waals surface area contributed by atoms with E-state index in [1.807, 2.05) is 23.6 Å². The van der Waals surface area contributed by atoms with Gasteiger partial charge >= 0.3 is 5.97 Å². The first-order chi connectivity index (χ1) is 8.15. The van der Waals surface area contributed by atoms with Gasteiger partial charge in [-0.2, -0.15) is 0 Å². The van der Waals surface area contributed by atoms with Crippen LogP contribution in [0.1, 0.15) is 12.7 Å². The van der Waals surface area contributed by atoms with Crippen LogP contribution < -0.4 is 0 Å². The number of fused-ring (bicyclic) bond motifs is 1. The SMILES string of the molecule is CCn1c(CC(=O)OC)nc2cc(Cl)ccc21. The highest BCUT2D eigenvalue weighted by atomic mass is 35.5. The second-order valence-corrected chi connectivity index (χ2v) is 4.09. The molecule has 0 radical (unpaired) electrons. The standard InChI is InChI=1S/C12H13ClN2O2/c1-3-15-10-5-4-8(13)6-9(10)14-11(15)7-12(16)17-2/h4-6H,3,7H2,1-2H3. The van der Waals surface area contributed by atoms with E-state index in [1.54, 1.807) is 6.07 Å². The normalized spacial score (nSPS) is 10.8. The molecule has 90 valence electrons. The van der Waals surface area contributed by atoms with Gasteiger partial charge < -0.3 is 9.30 Å². The number of hydrogen-bond donors (Lipinski definition) is 0. The largest absolute Gasteiger partial charge is 0.469 e. The van der Waals surface area contributed by atoms with E-state index in [-0.39, 0.29) is 12.4 Å². The van der Waals surface area contributed by atoms with E-state index in [2.05, 4.69) is 9.72 Å². The van der Waals surface area contributed by atoms with E-state index >= 15 is 0 Å². The van der Waals surface area contributed by atoms with Crippen molar-refractivity contribution in [2.45, 2.75) is 19.9 Å². The lowest BCUT2D eigenvalue weighted by molar-refractivity contribution is -0.139. The van der Waals surface area contributed by atoms with Gasteiger partial charge in [0, 0.05) is 11.6 Å². The van der Waals surface area contributed by atoms with Gasteiger partial charge in [0.1, 0.15) is 12.2 Å². The maximum atomic E-state index is 11.3. The summed E-state index contributed by atoms with van der Waals surface area (Å²) >= 11 is 5.92. The van der Waals surface area contributed by atoms with Crippen LogP contribution in [0.15, 0.2) is 18.2 Å². The van der Waals surface area contributed by atoms with Crippen molar-refractivity contribution in [3.63, 3.8) is 0 Å². The van der Waals surface area contributed by atoms with Crippen molar-refractivity contribution < 1.29 is 9.53 Å². The fraction of sp³-hybridized carbons (Fsp3) is 0.333. The number of rotatable bonds is 3. The van der Waals surface area contributed by atoms with Gasteiger partial charge in [0.2, 0.25) is 0 Å². The first kappa shape index (κ1) is 11.9. The van der Waals surface area contributed by atoms with Crippen molar-refractivity contribution in [1.82, 2.24) is 9.55 Å². The molecule has 0 aliphatic rings. The van der Waals surface area contributed by atoms with Gasteiger partial charge in [0.25, 0.3) is 0 Å². The van der Waals surface area contributed by atoms with E-state index in [0.717, 1.165) is 17.6 Å². The van der Waals surface area contributed by atoms with E-state index < -0.39 is 0 Å². The van der Waals surface area contributed by atoms with Crippen LogP contribution >= 0.6 is 11.6 Å². The number of methoxy groups -OCH3 is 1. The topological polar surface area (TPSA) is 44.1 Å². The fourth-order valence-electron chi connectivity index (χ4n) is 1.84. The molecule has 1 aromatic heterocycles. The third-order valence-electron chi connectivity index (χ3n) is 2.64. The molecule has 1 heterocycles. The molecule has 17 heavy (non-hydrogen) atoms. The summed E-state index contributed by atoms with van der Waals surface area (Å²) < 4.78 is 6.64. The second-order valence-electron chi connectivity index (χ2n) is 3.66. The van der Waals surface area contributed by atoms with Crippen LogP contribution in [-0.2, 0) is 22.5 Å². The van der Waals surface area contributed by atoms with Gasteiger partial charge in [-0.15, -0.1) is 0 Å². The number of aryl methyl sites for hydroxylation is 1. The van der Waals surface area contributed by atoms with E-state index in [1.165, 1.54) is 7.11 Å². The third-order valence-corrected chi connectivity index (χ3v) is 2.87. The Hall–Kier alpha value is -1.55. The highest BCUT2D eigenvalue weighted by Crippen LogP contribution is 2.20. The molecule has 0 fully saturated rings. The highest BCUT2D eigenvalue weighted by Gasteiger charge is 2.13. The van der Waals surface area contributed by atoms with Gasteiger partial charge in [-0.25, -0.2) is 4.98 Å². The first-order valence-corrected chi connectivity index (χ1v) is 5.75. The quantitative estimate of drug-likeness (QED) is 0.788. The molecule has 0 N–H and O–H groups in total. The number of ether oxygens (including phenoxy) is 1. The molecule has 1 aromatic carbocycles. The molecule has 0 saturated carbocycles. The van der Waals surface area contributed by atoms with Crippen LogP contribution in [-0.4, -0.2) is 22.6 Å². The summed E-state index contributed by atoms with van der Waals surface area (Å²) in [4.78, 5) is 15.7. The zero-order valence-corrected chi connectivity index (χ0v) is 10.5. The van der Waals surface area contributed by atoms with Crippen molar-refractivity contribution in [1.29, 1.82) is 0 Å². The number of esters is 1. The van der Waals surface area contributed by atoms with E-state index in [9.17, 15) is 4.79 Å². The minimum Gasteiger partial charge on any atom is -0.469 e. The van der Waals surface area contributed by atoms with Gasteiger partial charge in [-0.1, -0.05) is 11.6 Å². The number of carbonyl (C=O) groups excluding carboxylic acids is 1. The van der Waals surface area contributed by atoms with E-state index in [4.69, 9.17) is 11.6 Å². The Morgan fingerprint density at radius 2 is 2.29 bits per heavy atom. The molecule has 0 atom stereocenters. The molecular weight excluding hydrogens is 240 g/mol. The number of hydrogen-bond acceptors (Lipinski definition) is 3. The third kappa shape index (κ3) is 2.26. The van der Waals surface area contributed by atoms with Crippen molar-refractivity contribution >= 4 is 28.6 Å². The van der Waals surface area contributed by atoms with Crippen molar-refractivity contribution in [3.8, 4) is 0 Å². The molecule has 2 aromatic rings. The van der Waals surface area contributed by atoms with E-state index in [0.29, 0.717) is 10.8 Å². The van der Waals surface area contributed by atoms with Gasteiger partial charge in [0.15, 0.2) is 0 Å². The average Bonchev–Trinajstić information content (AvgIpc) is 2.64. The van der Waals surface area contributed by atoms with Crippen LogP contribution in [0.2, 0.25) is 5.02 Å². The van der Waals surface area contributed by atoms with Gasteiger partial charge in [0.05, 0.1) is 18.1 Å². The summed E-state index contributed by atoms with van der Waals surface area (Å²) in [5, 5.41) is 0.642. The average molecular weight is 253 g/mol. The minimum absolute atomic E-state index is 0.177. The Balaban J connectivity index is 2.51. The molecule has 2 rings (SSSR count). The predicted octanol–water partition coefficient (Wildman–Crippen LogP) is 2.43. The second kappa shape index (κ2) is 4.75. The zero-order chi connectivity index (χ0) is 12.4. The van der Waals surface area contributed by atoms with Crippen LogP contribution in [0, 0.1) is 0 Å². The smallest absolute Gasteiger partial charge is 0.313 e. The Kier molecular flexibility index (Phi) is 3.33. The minimum atomic E-state index is -0.291. The van der Waals surface area contributed by atoms with Crippen molar-refractivity contribution in [3.05, 3.63) is 29.0 Å². The van der Waals surface area contributed by atoms with Crippen LogP contribution in [0.3, 0.4) is 0 Å². The molecule has 0 aliphatic heterocycles. The molecule has 0 spiro atoms. The number of benzene rings is 1. The number of carbonyl (C=O) groups is 1. The number of nitrogens with zero attached hydrogens (tertiary/aromatic N) is 2. The molecule has 0 amide bonds. The maximum absolute atomic E-state index is 11.3. The zero-order valence-electron chi connectivity index (χ0n) is 9.74. The molecule has 0 bridgehead atoms. The lowest BCUT2D eigenvalue weighted by atomic mass is 10.3. The Bertz CT molecular complexity index is 563. The molecule has 0 aliphatic carbocycles. The summed E-state index contributed by atoms with van der Waals surface area (Å²) in [7, 11) is 1.37. The lowest BCUT2D eigenvalue weighted by Gasteiger charge is -2.04. The highest BCUT2D eigenvalue weighted by molar-refractivity contribution is 6.31. The summed E-state index contributed by atoms with van der Waals surface area (Å²) in [6.07, 6.45) is 0.177. The van der Waals surface area contributed by atoms with Crippen molar-refractivity contribution in [2.75, 3.05) is 7.11 Å². The summed E-state index contributed by atoms with van der Waals surface area (Å²) in [5.74, 6) is 0.415. The van der Waals surface area contributed by atoms with Gasteiger partial charge in [-0.05, 0) is 25.1 Å². The van der Waals surface area contributed by atoms with Crippen molar-refractivity contribution in [2.24, 2.45) is 0 Å². The van der Waals surface area contributed by atoms with Crippen LogP contribution in [0.4, 0.5) is 0 Å². The van der Waals surface area contributed by atoms with Crippen LogP contribution in [0.5, 0.6) is 0 Å². The molecule has 4 nitrogen and oxygen atoms in total. The Labute approximate surface area is 104 Å². The molecule has 0 unspecified atom stereocenters. The Morgan fingerprint density at radius 1 is 1.53 bits per heavy atom. The lowest BCUT2D eigenvalue weighted by Crippen LogP contribution is -2.10. The predicted molar refractivity (Wildman–Crippen MR) is 66.1 cm³/mol. The molecular formula is C12H13ClN2O2. The summed E-state index contributed by atoms with van der Waals surface area (Å²) in [6, 6.07) is 5.53. The number of aromatic nitrogens is 2. The number of imidazole rings is 1. The van der Waals surface area contributed by atoms with Gasteiger partial charge in [-0.3, -0.25) is 4.79 Å². The monoisotopic (exact) mass is 252 g/mol. The number of halogens is 1.